The second kappa shape index (κ2) is 11.7. The first-order chi connectivity index (χ1) is 4.41. The summed E-state index contributed by atoms with van der Waals surface area (Å²) in [6.45, 7) is 5.70. The molecule has 0 spiro atoms. The summed E-state index contributed by atoms with van der Waals surface area (Å²) < 4.78 is 5.11. The summed E-state index contributed by atoms with van der Waals surface area (Å²) in [6, 6.07) is 0. The lowest BCUT2D eigenvalue weighted by Crippen LogP contribution is -2.08. The minimum atomic E-state index is 0. The third-order valence-electron chi connectivity index (χ3n) is 0.959. The number of unbranched alkanes of at least 4 members (excludes halogenated alkanes) is 1. The Bertz CT molecular complexity index is 68.6. The summed E-state index contributed by atoms with van der Waals surface area (Å²) in [5, 5.41) is 0. The van der Waals surface area contributed by atoms with Gasteiger partial charge in [-0.25, -0.2) is 0 Å². The molecule has 0 unspecified atom stereocenters. The van der Waals surface area contributed by atoms with Gasteiger partial charge in [-0.3, -0.25) is 0 Å². The molecule has 0 saturated carbocycles. The number of rotatable bonds is 6. The number of allylic oxidation sites excluding steroid dienone is 1. The molecule has 62 valence electrons. The SMILES string of the molecule is C=CCCCOCCN.Cl. The second-order valence-electron chi connectivity index (χ2n) is 1.83. The summed E-state index contributed by atoms with van der Waals surface area (Å²) in [5.74, 6) is 0. The van der Waals surface area contributed by atoms with Crippen molar-refractivity contribution in [1.82, 2.24) is 0 Å². The molecule has 0 amide bonds. The lowest BCUT2D eigenvalue weighted by atomic mass is 10.3. The normalized spacial score (nSPS) is 8.50. The van der Waals surface area contributed by atoms with Gasteiger partial charge in [-0.15, -0.1) is 19.0 Å². The van der Waals surface area contributed by atoms with Crippen LogP contribution >= 0.6 is 12.4 Å². The molecule has 0 radical (unpaired) electrons. The molecule has 0 aromatic carbocycles. The van der Waals surface area contributed by atoms with Gasteiger partial charge in [0.05, 0.1) is 6.61 Å². The summed E-state index contributed by atoms with van der Waals surface area (Å²) in [7, 11) is 0. The highest BCUT2D eigenvalue weighted by molar-refractivity contribution is 5.85. The molecule has 2 nitrogen and oxygen atoms in total. The Hall–Kier alpha value is -0.0500. The van der Waals surface area contributed by atoms with Gasteiger partial charge in [0.25, 0.3) is 0 Å². The molecule has 0 aromatic heterocycles. The van der Waals surface area contributed by atoms with Crippen molar-refractivity contribution >= 4 is 12.4 Å². The lowest BCUT2D eigenvalue weighted by Gasteiger charge is -1.98. The van der Waals surface area contributed by atoms with Gasteiger partial charge in [0, 0.05) is 13.2 Å². The van der Waals surface area contributed by atoms with Crippen LogP contribution in [-0.4, -0.2) is 19.8 Å². The van der Waals surface area contributed by atoms with Crippen molar-refractivity contribution in [3.8, 4) is 0 Å². The fraction of sp³-hybridized carbons (Fsp3) is 0.714. The van der Waals surface area contributed by atoms with Crippen molar-refractivity contribution in [1.29, 1.82) is 0 Å². The molecular formula is C7H16ClNO. The van der Waals surface area contributed by atoms with Crippen LogP contribution in [0, 0.1) is 0 Å². The Morgan fingerprint density at radius 2 is 2.10 bits per heavy atom. The Morgan fingerprint density at radius 3 is 2.60 bits per heavy atom. The third kappa shape index (κ3) is 10.8. The van der Waals surface area contributed by atoms with Crippen molar-refractivity contribution in [2.45, 2.75) is 12.8 Å². The van der Waals surface area contributed by atoms with E-state index in [1.807, 2.05) is 6.08 Å². The zero-order chi connectivity index (χ0) is 6.95. The number of halogens is 1. The average Bonchev–Trinajstić information content (AvgIpc) is 1.89. The highest BCUT2D eigenvalue weighted by atomic mass is 35.5. The fourth-order valence-corrected chi connectivity index (χ4v) is 0.515. The maximum Gasteiger partial charge on any atom is 0.0588 e. The predicted molar refractivity (Wildman–Crippen MR) is 46.6 cm³/mol. The van der Waals surface area contributed by atoms with Crippen LogP contribution in [0.15, 0.2) is 12.7 Å². The van der Waals surface area contributed by atoms with Gasteiger partial charge in [0.1, 0.15) is 0 Å². The number of ether oxygens (including phenoxy) is 1. The van der Waals surface area contributed by atoms with Gasteiger partial charge >= 0.3 is 0 Å². The van der Waals surface area contributed by atoms with E-state index in [2.05, 4.69) is 6.58 Å². The van der Waals surface area contributed by atoms with Crippen molar-refractivity contribution in [2.75, 3.05) is 19.8 Å². The van der Waals surface area contributed by atoms with E-state index in [1.54, 1.807) is 0 Å². The van der Waals surface area contributed by atoms with Crippen molar-refractivity contribution in [3.05, 3.63) is 12.7 Å². The molecule has 0 rings (SSSR count). The molecule has 0 aliphatic rings. The molecule has 2 N–H and O–H groups in total. The molecule has 0 atom stereocenters. The summed E-state index contributed by atoms with van der Waals surface area (Å²) in [6.07, 6.45) is 3.99. The molecule has 0 heterocycles. The van der Waals surface area contributed by atoms with Crippen molar-refractivity contribution in [2.24, 2.45) is 5.73 Å². The van der Waals surface area contributed by atoms with E-state index < -0.39 is 0 Å². The van der Waals surface area contributed by atoms with Crippen LogP contribution in [0.25, 0.3) is 0 Å². The van der Waals surface area contributed by atoms with Crippen LogP contribution in [0.2, 0.25) is 0 Å². The largest absolute Gasteiger partial charge is 0.380 e. The predicted octanol–water partition coefficient (Wildman–Crippen LogP) is 1.35. The number of hydrogen-bond acceptors (Lipinski definition) is 2. The Kier molecular flexibility index (Phi) is 14.8. The first-order valence-electron chi connectivity index (χ1n) is 3.30. The van der Waals surface area contributed by atoms with E-state index in [9.17, 15) is 0 Å². The zero-order valence-corrected chi connectivity index (χ0v) is 7.03. The first kappa shape index (κ1) is 12.6. The quantitative estimate of drug-likeness (QED) is 0.477. The van der Waals surface area contributed by atoms with Crippen molar-refractivity contribution in [3.63, 3.8) is 0 Å². The topological polar surface area (TPSA) is 35.2 Å². The molecule has 0 saturated heterocycles. The first-order valence-corrected chi connectivity index (χ1v) is 3.30. The van der Waals surface area contributed by atoms with Crippen molar-refractivity contribution < 1.29 is 4.74 Å². The highest BCUT2D eigenvalue weighted by Crippen LogP contribution is 1.88. The minimum Gasteiger partial charge on any atom is -0.380 e. The van der Waals surface area contributed by atoms with Crippen LogP contribution in [0.5, 0.6) is 0 Å². The molecular weight excluding hydrogens is 150 g/mol. The molecule has 0 aliphatic heterocycles. The van der Waals surface area contributed by atoms with Crippen LogP contribution in [-0.2, 0) is 4.74 Å². The average molecular weight is 166 g/mol. The van der Waals surface area contributed by atoms with Gasteiger partial charge in [-0.2, -0.15) is 0 Å². The van der Waals surface area contributed by atoms with E-state index in [-0.39, 0.29) is 12.4 Å². The summed E-state index contributed by atoms with van der Waals surface area (Å²) >= 11 is 0. The van der Waals surface area contributed by atoms with Gasteiger partial charge < -0.3 is 10.5 Å². The number of hydrogen-bond donors (Lipinski definition) is 1. The van der Waals surface area contributed by atoms with E-state index >= 15 is 0 Å². The van der Waals surface area contributed by atoms with E-state index in [0.717, 1.165) is 19.4 Å². The van der Waals surface area contributed by atoms with Gasteiger partial charge in [0.2, 0.25) is 0 Å². The summed E-state index contributed by atoms with van der Waals surface area (Å²) in [4.78, 5) is 0. The second-order valence-corrected chi connectivity index (χ2v) is 1.83. The minimum absolute atomic E-state index is 0. The highest BCUT2D eigenvalue weighted by Gasteiger charge is 1.83. The smallest absolute Gasteiger partial charge is 0.0588 e. The summed E-state index contributed by atoms with van der Waals surface area (Å²) in [5.41, 5.74) is 5.20. The Labute approximate surface area is 68.8 Å². The van der Waals surface area contributed by atoms with E-state index in [1.165, 1.54) is 0 Å². The lowest BCUT2D eigenvalue weighted by molar-refractivity contribution is 0.140. The molecule has 3 heteroatoms. The zero-order valence-electron chi connectivity index (χ0n) is 6.21. The standard InChI is InChI=1S/C7H15NO.ClH/c1-2-3-4-6-9-7-5-8;/h2H,1,3-8H2;1H. The van der Waals surface area contributed by atoms with Gasteiger partial charge in [0.15, 0.2) is 0 Å². The maximum absolute atomic E-state index is 5.20. The van der Waals surface area contributed by atoms with Crippen LogP contribution < -0.4 is 5.73 Å². The molecule has 0 fully saturated rings. The Balaban J connectivity index is 0. The van der Waals surface area contributed by atoms with Crippen LogP contribution in [0.3, 0.4) is 0 Å². The third-order valence-corrected chi connectivity index (χ3v) is 0.959. The maximum atomic E-state index is 5.20. The molecule has 0 aromatic rings. The molecule has 10 heavy (non-hydrogen) atoms. The monoisotopic (exact) mass is 165 g/mol. The van der Waals surface area contributed by atoms with Crippen LogP contribution in [0.4, 0.5) is 0 Å². The number of nitrogens with two attached hydrogens (primary N) is 1. The molecule has 0 aliphatic carbocycles. The Morgan fingerprint density at radius 1 is 1.40 bits per heavy atom. The molecule has 0 bridgehead atoms. The van der Waals surface area contributed by atoms with Gasteiger partial charge in [-0.1, -0.05) is 6.08 Å². The van der Waals surface area contributed by atoms with Gasteiger partial charge in [-0.05, 0) is 12.8 Å². The van der Waals surface area contributed by atoms with Crippen LogP contribution in [0.1, 0.15) is 12.8 Å². The van der Waals surface area contributed by atoms with E-state index in [0.29, 0.717) is 13.2 Å². The fourth-order valence-electron chi connectivity index (χ4n) is 0.515. The van der Waals surface area contributed by atoms with E-state index in [4.69, 9.17) is 10.5 Å².